The Morgan fingerprint density at radius 3 is 2.72 bits per heavy atom. The average molecular weight is 442 g/mol. The van der Waals surface area contributed by atoms with Crippen LogP contribution in [0.3, 0.4) is 0 Å². The van der Waals surface area contributed by atoms with Crippen LogP contribution in [0, 0.1) is 5.82 Å². The minimum absolute atomic E-state index is 0.179. The summed E-state index contributed by atoms with van der Waals surface area (Å²) in [5, 5.41) is 2.64. The fourth-order valence-corrected chi connectivity index (χ4v) is 5.34. The van der Waals surface area contributed by atoms with Gasteiger partial charge in [-0.25, -0.2) is 9.18 Å². The molecule has 2 aliphatic rings. The van der Waals surface area contributed by atoms with Gasteiger partial charge in [-0.2, -0.15) is 23.5 Å². The van der Waals surface area contributed by atoms with Crippen molar-refractivity contribution in [2.75, 3.05) is 59.0 Å². The minimum Gasteiger partial charge on any atom is -0.442 e. The fraction of sp³-hybridized carbons (Fsp3) is 0.600. The van der Waals surface area contributed by atoms with Crippen LogP contribution < -0.4 is 15.1 Å². The van der Waals surface area contributed by atoms with Crippen molar-refractivity contribution in [2.24, 2.45) is 0 Å². The van der Waals surface area contributed by atoms with E-state index in [1.807, 2.05) is 23.5 Å². The van der Waals surface area contributed by atoms with E-state index in [1.165, 1.54) is 30.1 Å². The second kappa shape index (κ2) is 11.0. The summed E-state index contributed by atoms with van der Waals surface area (Å²) < 4.78 is 20.2. The Hall–Kier alpha value is -1.61. The Morgan fingerprint density at radius 1 is 1.21 bits per heavy atom. The van der Waals surface area contributed by atoms with E-state index in [0.29, 0.717) is 11.4 Å². The Labute approximate surface area is 179 Å². The van der Waals surface area contributed by atoms with Crippen LogP contribution in [0.4, 0.5) is 20.6 Å². The molecule has 0 aromatic heterocycles. The summed E-state index contributed by atoms with van der Waals surface area (Å²) in [6.45, 7) is 3.59. The smallest absolute Gasteiger partial charge is 0.414 e. The molecule has 2 fully saturated rings. The van der Waals surface area contributed by atoms with E-state index < -0.39 is 12.2 Å². The van der Waals surface area contributed by atoms with Crippen molar-refractivity contribution in [1.29, 1.82) is 0 Å². The van der Waals surface area contributed by atoms with Crippen molar-refractivity contribution >= 4 is 46.9 Å². The highest BCUT2D eigenvalue weighted by molar-refractivity contribution is 8.00. The number of hydrogen-bond donors (Lipinski definition) is 1. The van der Waals surface area contributed by atoms with Gasteiger partial charge in [0.1, 0.15) is 11.9 Å². The molecule has 0 unspecified atom stereocenters. The molecule has 1 aromatic carbocycles. The molecule has 0 bridgehead atoms. The van der Waals surface area contributed by atoms with Gasteiger partial charge in [0.05, 0.1) is 24.5 Å². The summed E-state index contributed by atoms with van der Waals surface area (Å²) in [5.74, 6) is 3.92. The van der Waals surface area contributed by atoms with Gasteiger partial charge in [0.2, 0.25) is 5.91 Å². The Balaban J connectivity index is 1.67. The third-order valence-corrected chi connectivity index (χ3v) is 7.04. The maximum absolute atomic E-state index is 15.0. The van der Waals surface area contributed by atoms with Crippen molar-refractivity contribution in [2.45, 2.75) is 25.9 Å². The van der Waals surface area contributed by atoms with Gasteiger partial charge in [0.15, 0.2) is 0 Å². The molecule has 1 aromatic rings. The molecule has 2 heterocycles. The van der Waals surface area contributed by atoms with E-state index in [-0.39, 0.29) is 24.8 Å². The summed E-state index contributed by atoms with van der Waals surface area (Å²) in [5.41, 5.74) is 1.06. The molecule has 2 saturated heterocycles. The molecule has 9 heteroatoms. The van der Waals surface area contributed by atoms with Crippen LogP contribution in [0.15, 0.2) is 18.2 Å². The lowest BCUT2D eigenvalue weighted by molar-refractivity contribution is -0.119. The van der Waals surface area contributed by atoms with Gasteiger partial charge in [-0.05, 0) is 48.3 Å². The number of nitrogens with zero attached hydrogens (tertiary/aromatic N) is 2. The summed E-state index contributed by atoms with van der Waals surface area (Å²) in [6, 6.07) is 4.94. The molecular weight excluding hydrogens is 413 g/mol. The minimum atomic E-state index is -0.517. The third kappa shape index (κ3) is 6.44. The molecule has 6 nitrogen and oxygen atoms in total. The predicted molar refractivity (Wildman–Crippen MR) is 119 cm³/mol. The predicted octanol–water partition coefficient (Wildman–Crippen LogP) is 3.35. The number of cyclic esters (lactones) is 1. The molecular formula is C20H28FN3O3S2. The second-order valence-corrected chi connectivity index (χ2v) is 9.56. The molecule has 3 rings (SSSR count). The number of hydrogen-bond acceptors (Lipinski definition) is 6. The number of ether oxygens (including phenoxy) is 1. The largest absolute Gasteiger partial charge is 0.442 e. The van der Waals surface area contributed by atoms with Gasteiger partial charge < -0.3 is 15.0 Å². The average Bonchev–Trinajstić information content (AvgIpc) is 3.03. The maximum Gasteiger partial charge on any atom is 0.414 e. The topological polar surface area (TPSA) is 61.9 Å². The molecule has 160 valence electrons. The monoisotopic (exact) mass is 441 g/mol. The SMILES string of the molecule is CC(=O)NC[C@H]1CN(c2ccc(N3CCCSCCCSCC3)c(F)c2)C(=O)O1. The van der Waals surface area contributed by atoms with Gasteiger partial charge in [0.25, 0.3) is 0 Å². The zero-order chi connectivity index (χ0) is 20.6. The van der Waals surface area contributed by atoms with E-state index in [1.54, 1.807) is 12.1 Å². The molecule has 0 spiro atoms. The Kier molecular flexibility index (Phi) is 8.35. The van der Waals surface area contributed by atoms with E-state index in [2.05, 4.69) is 10.2 Å². The lowest BCUT2D eigenvalue weighted by atomic mass is 10.2. The van der Waals surface area contributed by atoms with Crippen LogP contribution in [-0.2, 0) is 9.53 Å². The van der Waals surface area contributed by atoms with Crippen LogP contribution in [0.1, 0.15) is 19.8 Å². The molecule has 2 amide bonds. The quantitative estimate of drug-likeness (QED) is 0.773. The summed E-state index contributed by atoms with van der Waals surface area (Å²) in [7, 11) is 0. The van der Waals surface area contributed by atoms with Crippen LogP contribution in [0.5, 0.6) is 0 Å². The molecule has 0 aliphatic carbocycles. The van der Waals surface area contributed by atoms with Gasteiger partial charge in [0, 0.05) is 25.8 Å². The van der Waals surface area contributed by atoms with E-state index in [0.717, 1.165) is 36.8 Å². The van der Waals surface area contributed by atoms with Crippen molar-refractivity contribution < 1.29 is 18.7 Å². The Bertz CT molecular complexity index is 710. The summed E-state index contributed by atoms with van der Waals surface area (Å²) >= 11 is 3.89. The van der Waals surface area contributed by atoms with Gasteiger partial charge in [-0.15, -0.1) is 0 Å². The van der Waals surface area contributed by atoms with Crippen LogP contribution >= 0.6 is 23.5 Å². The van der Waals surface area contributed by atoms with Crippen molar-refractivity contribution in [3.05, 3.63) is 24.0 Å². The first-order valence-electron chi connectivity index (χ1n) is 9.97. The molecule has 1 atom stereocenters. The summed E-state index contributed by atoms with van der Waals surface area (Å²) in [4.78, 5) is 26.7. The second-order valence-electron chi connectivity index (χ2n) is 7.11. The lowest BCUT2D eigenvalue weighted by Gasteiger charge is -2.26. The highest BCUT2D eigenvalue weighted by Crippen LogP contribution is 2.28. The van der Waals surface area contributed by atoms with Crippen molar-refractivity contribution in [3.8, 4) is 0 Å². The number of anilines is 2. The number of carbonyl (C=O) groups is 2. The first-order chi connectivity index (χ1) is 14.0. The zero-order valence-corrected chi connectivity index (χ0v) is 18.3. The number of carbonyl (C=O) groups excluding carboxylic acids is 2. The van der Waals surface area contributed by atoms with E-state index in [4.69, 9.17) is 4.74 Å². The van der Waals surface area contributed by atoms with Crippen molar-refractivity contribution in [3.63, 3.8) is 0 Å². The van der Waals surface area contributed by atoms with Crippen LogP contribution in [-0.4, -0.2) is 67.3 Å². The van der Waals surface area contributed by atoms with Gasteiger partial charge >= 0.3 is 6.09 Å². The maximum atomic E-state index is 15.0. The van der Waals surface area contributed by atoms with Crippen LogP contribution in [0.2, 0.25) is 0 Å². The molecule has 0 radical (unpaired) electrons. The van der Waals surface area contributed by atoms with Gasteiger partial charge in [-0.1, -0.05) is 0 Å². The lowest BCUT2D eigenvalue weighted by Crippen LogP contribution is -2.33. The number of benzene rings is 1. The van der Waals surface area contributed by atoms with E-state index >= 15 is 0 Å². The zero-order valence-electron chi connectivity index (χ0n) is 16.7. The number of halogens is 1. The molecule has 29 heavy (non-hydrogen) atoms. The number of rotatable bonds is 4. The highest BCUT2D eigenvalue weighted by Gasteiger charge is 2.32. The molecule has 2 aliphatic heterocycles. The number of nitrogens with one attached hydrogen (secondary N) is 1. The van der Waals surface area contributed by atoms with Crippen LogP contribution in [0.25, 0.3) is 0 Å². The first-order valence-corrected chi connectivity index (χ1v) is 12.3. The fourth-order valence-electron chi connectivity index (χ4n) is 3.37. The van der Waals surface area contributed by atoms with Crippen molar-refractivity contribution in [1.82, 2.24) is 5.32 Å². The first kappa shape index (κ1) is 22.1. The molecule has 1 N–H and O–H groups in total. The summed E-state index contributed by atoms with van der Waals surface area (Å²) in [6.07, 6.45) is 1.30. The van der Waals surface area contributed by atoms with Gasteiger partial charge in [-0.3, -0.25) is 9.69 Å². The highest BCUT2D eigenvalue weighted by atomic mass is 32.2. The van der Waals surface area contributed by atoms with E-state index in [9.17, 15) is 14.0 Å². The molecule has 0 saturated carbocycles. The standard InChI is InChI=1S/C20H28FN3O3S2/c1-15(25)22-13-17-14-24(20(26)27-17)16-4-5-19(18(21)12-16)23-6-2-8-28-9-3-10-29-11-7-23/h4-5,12,17H,2-3,6-11,13-14H2,1H3,(H,22,25)/t17-/m0/s1. The number of thioether (sulfide) groups is 2. The Morgan fingerprint density at radius 2 is 1.97 bits per heavy atom. The number of amides is 2. The normalized spacial score (nSPS) is 21.4. The third-order valence-electron chi connectivity index (χ3n) is 4.84.